The summed E-state index contributed by atoms with van der Waals surface area (Å²) in [5.41, 5.74) is -1.09. The molecule has 1 aliphatic rings. The third-order valence-corrected chi connectivity index (χ3v) is 3.37. The van der Waals surface area contributed by atoms with Gasteiger partial charge in [0.25, 0.3) is 0 Å². The molecule has 1 fully saturated rings. The molecule has 0 amide bonds. The molecule has 1 aliphatic carbocycles. The predicted molar refractivity (Wildman–Crippen MR) is 54.1 cm³/mol. The molecule has 0 heterocycles. The van der Waals surface area contributed by atoms with Gasteiger partial charge in [0, 0.05) is 0 Å². The van der Waals surface area contributed by atoms with Gasteiger partial charge >= 0.3 is 11.9 Å². The Bertz CT molecular complexity index is 258. The maximum absolute atomic E-state index is 11.6. The van der Waals surface area contributed by atoms with Crippen molar-refractivity contribution in [1.82, 2.24) is 0 Å². The van der Waals surface area contributed by atoms with Crippen molar-refractivity contribution >= 4 is 11.9 Å². The van der Waals surface area contributed by atoms with Crippen molar-refractivity contribution in [3.05, 3.63) is 0 Å². The zero-order valence-corrected chi connectivity index (χ0v) is 9.75. The van der Waals surface area contributed by atoms with Crippen LogP contribution < -0.4 is 0 Å². The monoisotopic (exact) mass is 214 g/mol. The van der Waals surface area contributed by atoms with Gasteiger partial charge in [0.05, 0.1) is 25.0 Å². The van der Waals surface area contributed by atoms with E-state index in [1.54, 1.807) is 0 Å². The van der Waals surface area contributed by atoms with Gasteiger partial charge in [-0.1, -0.05) is 0 Å². The van der Waals surface area contributed by atoms with E-state index in [4.69, 9.17) is 9.47 Å². The van der Waals surface area contributed by atoms with E-state index >= 15 is 0 Å². The second kappa shape index (κ2) is 3.83. The van der Waals surface area contributed by atoms with Crippen LogP contribution in [0.2, 0.25) is 0 Å². The van der Waals surface area contributed by atoms with Crippen molar-refractivity contribution in [3.63, 3.8) is 0 Å². The second-order valence-electron chi connectivity index (χ2n) is 4.78. The SMILES string of the molecule is COC(=O)[C@@]1(C)CC[C@](C)(C(=O)OC)C1. The average molecular weight is 214 g/mol. The molecule has 0 saturated heterocycles. The van der Waals surface area contributed by atoms with E-state index < -0.39 is 10.8 Å². The molecule has 86 valence electrons. The molecule has 15 heavy (non-hydrogen) atoms. The van der Waals surface area contributed by atoms with Crippen LogP contribution in [0, 0.1) is 10.8 Å². The summed E-state index contributed by atoms with van der Waals surface area (Å²) < 4.78 is 9.51. The summed E-state index contributed by atoms with van der Waals surface area (Å²) in [7, 11) is 2.75. The molecular formula is C11H18O4. The van der Waals surface area contributed by atoms with Crippen molar-refractivity contribution in [2.45, 2.75) is 33.1 Å². The van der Waals surface area contributed by atoms with E-state index in [1.807, 2.05) is 13.8 Å². The van der Waals surface area contributed by atoms with E-state index in [-0.39, 0.29) is 11.9 Å². The Kier molecular flexibility index (Phi) is 3.07. The molecule has 0 N–H and O–H groups in total. The normalized spacial score (nSPS) is 34.9. The Hall–Kier alpha value is -1.06. The minimum atomic E-state index is -0.544. The summed E-state index contributed by atoms with van der Waals surface area (Å²) in [6.07, 6.45) is 1.84. The molecule has 1 saturated carbocycles. The van der Waals surface area contributed by atoms with Crippen LogP contribution in [0.4, 0.5) is 0 Å². The molecule has 0 aliphatic heterocycles. The lowest BCUT2D eigenvalue weighted by Gasteiger charge is -2.24. The summed E-state index contributed by atoms with van der Waals surface area (Å²) >= 11 is 0. The maximum Gasteiger partial charge on any atom is 0.311 e. The van der Waals surface area contributed by atoms with Gasteiger partial charge in [-0.3, -0.25) is 9.59 Å². The van der Waals surface area contributed by atoms with Crippen LogP contribution in [0.15, 0.2) is 0 Å². The first-order valence-corrected chi connectivity index (χ1v) is 5.05. The third kappa shape index (κ3) is 1.98. The van der Waals surface area contributed by atoms with Crippen LogP contribution in [0.3, 0.4) is 0 Å². The molecule has 0 unspecified atom stereocenters. The second-order valence-corrected chi connectivity index (χ2v) is 4.78. The van der Waals surface area contributed by atoms with Crippen molar-refractivity contribution in [2.24, 2.45) is 10.8 Å². The zero-order valence-electron chi connectivity index (χ0n) is 9.75. The highest BCUT2D eigenvalue weighted by atomic mass is 16.5. The lowest BCUT2D eigenvalue weighted by Crippen LogP contribution is -2.31. The van der Waals surface area contributed by atoms with Gasteiger partial charge in [-0.15, -0.1) is 0 Å². The molecule has 0 aromatic carbocycles. The largest absolute Gasteiger partial charge is 0.469 e. The van der Waals surface area contributed by atoms with Gasteiger partial charge in [-0.05, 0) is 33.1 Å². The first-order valence-electron chi connectivity index (χ1n) is 5.05. The van der Waals surface area contributed by atoms with Crippen LogP contribution >= 0.6 is 0 Å². The van der Waals surface area contributed by atoms with Crippen LogP contribution in [0.1, 0.15) is 33.1 Å². The fourth-order valence-electron chi connectivity index (χ4n) is 2.43. The summed E-state index contributed by atoms with van der Waals surface area (Å²) in [6.45, 7) is 3.68. The number of methoxy groups -OCH3 is 2. The lowest BCUT2D eigenvalue weighted by molar-refractivity contribution is -0.155. The maximum atomic E-state index is 11.6. The van der Waals surface area contributed by atoms with Crippen LogP contribution in [0.5, 0.6) is 0 Å². The van der Waals surface area contributed by atoms with Gasteiger partial charge in [-0.2, -0.15) is 0 Å². The predicted octanol–water partition coefficient (Wildman–Crippen LogP) is 1.53. The van der Waals surface area contributed by atoms with E-state index in [1.165, 1.54) is 14.2 Å². The zero-order chi connectivity index (χ0) is 11.7. The number of hydrogen-bond acceptors (Lipinski definition) is 4. The molecule has 4 heteroatoms. The molecule has 0 aromatic heterocycles. The number of hydrogen-bond donors (Lipinski definition) is 0. The highest BCUT2D eigenvalue weighted by Crippen LogP contribution is 2.50. The summed E-state index contributed by atoms with van der Waals surface area (Å²) in [6, 6.07) is 0. The molecule has 1 rings (SSSR count). The van der Waals surface area contributed by atoms with Crippen molar-refractivity contribution in [2.75, 3.05) is 14.2 Å². The summed E-state index contributed by atoms with van der Waals surface area (Å²) in [4.78, 5) is 23.1. The molecule has 0 bridgehead atoms. The third-order valence-electron chi connectivity index (χ3n) is 3.37. The average Bonchev–Trinajstić information content (AvgIpc) is 2.55. The van der Waals surface area contributed by atoms with E-state index in [0.29, 0.717) is 19.3 Å². The van der Waals surface area contributed by atoms with E-state index in [2.05, 4.69) is 0 Å². The van der Waals surface area contributed by atoms with Gasteiger partial charge in [0.2, 0.25) is 0 Å². The molecule has 4 nitrogen and oxygen atoms in total. The first kappa shape index (κ1) is 12.0. The first-order chi connectivity index (χ1) is 6.88. The van der Waals surface area contributed by atoms with Gasteiger partial charge < -0.3 is 9.47 Å². The Labute approximate surface area is 89.9 Å². The Morgan fingerprint density at radius 2 is 1.27 bits per heavy atom. The smallest absolute Gasteiger partial charge is 0.311 e. The Balaban J connectivity index is 2.82. The van der Waals surface area contributed by atoms with Crippen molar-refractivity contribution < 1.29 is 19.1 Å². The minimum Gasteiger partial charge on any atom is -0.469 e. The summed E-state index contributed by atoms with van der Waals surface area (Å²) in [5.74, 6) is -0.481. The van der Waals surface area contributed by atoms with Gasteiger partial charge in [0.1, 0.15) is 0 Å². The van der Waals surface area contributed by atoms with Crippen LogP contribution in [-0.4, -0.2) is 26.2 Å². The van der Waals surface area contributed by atoms with Crippen LogP contribution in [0.25, 0.3) is 0 Å². The molecule has 2 atom stereocenters. The molecule has 0 radical (unpaired) electrons. The standard InChI is InChI=1S/C11H18O4/c1-10(8(12)14-3)5-6-11(2,7-10)9(13)15-4/h5-7H2,1-4H3/t10-,11-/m0/s1. The Morgan fingerprint density at radius 3 is 1.53 bits per heavy atom. The molecule has 0 spiro atoms. The lowest BCUT2D eigenvalue weighted by atomic mass is 9.82. The number of ether oxygens (including phenoxy) is 2. The number of carbonyl (C=O) groups excluding carboxylic acids is 2. The fourth-order valence-corrected chi connectivity index (χ4v) is 2.43. The molecule has 0 aromatic rings. The van der Waals surface area contributed by atoms with Gasteiger partial charge in [0.15, 0.2) is 0 Å². The number of esters is 2. The number of carbonyl (C=O) groups is 2. The number of rotatable bonds is 2. The van der Waals surface area contributed by atoms with E-state index in [0.717, 1.165) is 0 Å². The minimum absolute atomic E-state index is 0.241. The quantitative estimate of drug-likeness (QED) is 0.654. The topological polar surface area (TPSA) is 52.6 Å². The van der Waals surface area contributed by atoms with E-state index in [9.17, 15) is 9.59 Å². The van der Waals surface area contributed by atoms with Gasteiger partial charge in [-0.25, -0.2) is 0 Å². The highest BCUT2D eigenvalue weighted by Gasteiger charge is 2.52. The fraction of sp³-hybridized carbons (Fsp3) is 0.818. The van der Waals surface area contributed by atoms with Crippen molar-refractivity contribution in [1.29, 1.82) is 0 Å². The highest BCUT2D eigenvalue weighted by molar-refractivity contribution is 5.82. The van der Waals surface area contributed by atoms with Crippen molar-refractivity contribution in [3.8, 4) is 0 Å². The summed E-state index contributed by atoms with van der Waals surface area (Å²) in [5, 5.41) is 0. The van der Waals surface area contributed by atoms with Crippen LogP contribution in [-0.2, 0) is 19.1 Å². The Morgan fingerprint density at radius 1 is 0.933 bits per heavy atom. The molecular weight excluding hydrogens is 196 g/mol.